The highest BCUT2D eigenvalue weighted by Crippen LogP contribution is 2.40. The Hall–Kier alpha value is -3.02. The minimum absolute atomic E-state index is 0.0491. The van der Waals surface area contributed by atoms with E-state index in [1.54, 1.807) is 32.7 Å². The van der Waals surface area contributed by atoms with Crippen LogP contribution in [0.15, 0.2) is 0 Å². The Morgan fingerprint density at radius 1 is 1.08 bits per heavy atom. The number of carbonyl (C=O) groups excluding carboxylic acids is 2. The van der Waals surface area contributed by atoms with E-state index >= 15 is 0 Å². The molecule has 1 unspecified atom stereocenters. The number of amides is 2. The van der Waals surface area contributed by atoms with Gasteiger partial charge in [0, 0.05) is 26.1 Å². The Morgan fingerprint density at radius 3 is 2.39 bits per heavy atom. The monoisotopic (exact) mass is 506 g/mol. The van der Waals surface area contributed by atoms with E-state index in [9.17, 15) is 9.59 Å². The van der Waals surface area contributed by atoms with Crippen LogP contribution in [0.5, 0.6) is 5.75 Å². The Labute approximate surface area is 212 Å². The van der Waals surface area contributed by atoms with Crippen molar-refractivity contribution in [2.24, 2.45) is 5.92 Å². The van der Waals surface area contributed by atoms with Crippen LogP contribution in [0.25, 0.3) is 0 Å². The average Bonchev–Trinajstić information content (AvgIpc) is 3.18. The van der Waals surface area contributed by atoms with Gasteiger partial charge < -0.3 is 34.1 Å². The number of carbonyl (C=O) groups is 2. The number of likely N-dealkylation sites (N-methyl/N-ethyl adjacent to an activating group) is 1. The lowest BCUT2D eigenvalue weighted by atomic mass is 9.98. The highest BCUT2D eigenvalue weighted by Gasteiger charge is 2.38. The molecular formula is C24H38N6O6. The van der Waals surface area contributed by atoms with E-state index in [1.165, 1.54) is 0 Å². The van der Waals surface area contributed by atoms with Crippen LogP contribution in [0, 0.1) is 5.92 Å². The molecule has 2 atom stereocenters. The van der Waals surface area contributed by atoms with E-state index < -0.39 is 17.3 Å². The molecule has 12 heteroatoms. The zero-order chi connectivity index (χ0) is 26.3. The first-order chi connectivity index (χ1) is 16.8. The van der Waals surface area contributed by atoms with Gasteiger partial charge >= 0.3 is 12.2 Å². The number of aromatic nitrogens is 2. The third-order valence-corrected chi connectivity index (χ3v) is 6.11. The number of hydrogen-bond acceptors (Lipinski definition) is 10. The fourth-order valence-electron chi connectivity index (χ4n) is 4.20. The lowest BCUT2D eigenvalue weighted by molar-refractivity contribution is -0.0471. The molecule has 1 aromatic heterocycles. The number of hydrogen-bond donors (Lipinski definition) is 2. The number of fused-ring (bicyclic) bond motifs is 1. The van der Waals surface area contributed by atoms with E-state index in [0.717, 1.165) is 6.42 Å². The van der Waals surface area contributed by atoms with Gasteiger partial charge in [-0.05, 0) is 48.0 Å². The molecule has 0 spiro atoms. The van der Waals surface area contributed by atoms with Gasteiger partial charge in [0.2, 0.25) is 11.7 Å². The summed E-state index contributed by atoms with van der Waals surface area (Å²) in [4.78, 5) is 37.8. The van der Waals surface area contributed by atoms with E-state index in [2.05, 4.69) is 20.6 Å². The lowest BCUT2D eigenvalue weighted by Crippen LogP contribution is -2.47. The Bertz CT molecular complexity index is 987. The zero-order valence-electron chi connectivity index (χ0n) is 22.2. The second-order valence-corrected chi connectivity index (χ2v) is 11.5. The van der Waals surface area contributed by atoms with Crippen molar-refractivity contribution in [3.63, 3.8) is 0 Å². The minimum atomic E-state index is -0.660. The van der Waals surface area contributed by atoms with Crippen molar-refractivity contribution in [2.45, 2.75) is 71.2 Å². The molecule has 36 heavy (non-hydrogen) atoms. The number of nitrogens with one attached hydrogen (secondary N) is 2. The number of rotatable bonds is 4. The van der Waals surface area contributed by atoms with Crippen LogP contribution in [-0.2, 0) is 14.2 Å². The summed E-state index contributed by atoms with van der Waals surface area (Å²) in [6, 6.07) is -0.0165. The van der Waals surface area contributed by atoms with Gasteiger partial charge in [-0.15, -0.1) is 0 Å². The quantitative estimate of drug-likeness (QED) is 0.629. The molecule has 3 aliphatic heterocycles. The minimum Gasteiger partial charge on any atom is -0.484 e. The fraction of sp³-hybridized carbons (Fsp3) is 0.750. The van der Waals surface area contributed by atoms with E-state index in [4.69, 9.17) is 18.9 Å². The molecule has 0 saturated carbocycles. The van der Waals surface area contributed by atoms with Crippen LogP contribution < -0.4 is 20.3 Å². The summed E-state index contributed by atoms with van der Waals surface area (Å²) in [5.41, 5.74) is -1.23. The van der Waals surface area contributed by atoms with E-state index in [0.29, 0.717) is 56.2 Å². The highest BCUT2D eigenvalue weighted by atomic mass is 16.6. The van der Waals surface area contributed by atoms with Crippen LogP contribution in [0.3, 0.4) is 0 Å². The largest absolute Gasteiger partial charge is 0.484 e. The third kappa shape index (κ3) is 6.21. The first-order valence-corrected chi connectivity index (χ1v) is 12.4. The normalized spacial score (nSPS) is 22.0. The lowest BCUT2D eigenvalue weighted by Gasteiger charge is -2.38. The van der Waals surface area contributed by atoms with E-state index in [-0.39, 0.29) is 24.1 Å². The van der Waals surface area contributed by atoms with Gasteiger partial charge in [-0.25, -0.2) is 9.59 Å². The molecule has 1 aromatic rings. The second kappa shape index (κ2) is 9.79. The second-order valence-electron chi connectivity index (χ2n) is 11.5. The molecule has 2 fully saturated rings. The van der Waals surface area contributed by atoms with Crippen molar-refractivity contribution >= 4 is 29.8 Å². The zero-order valence-corrected chi connectivity index (χ0v) is 22.2. The topological polar surface area (TPSA) is 127 Å². The van der Waals surface area contributed by atoms with Crippen molar-refractivity contribution in [2.75, 3.05) is 55.5 Å². The predicted molar refractivity (Wildman–Crippen MR) is 134 cm³/mol. The molecule has 3 aliphatic rings. The molecule has 200 valence electrons. The first-order valence-electron chi connectivity index (χ1n) is 12.4. The number of anilines is 3. The molecule has 0 aliphatic carbocycles. The van der Waals surface area contributed by atoms with Gasteiger partial charge in [-0.3, -0.25) is 5.32 Å². The Balaban J connectivity index is 1.55. The molecule has 2 N–H and O–H groups in total. The molecular weight excluding hydrogens is 468 g/mol. The summed E-state index contributed by atoms with van der Waals surface area (Å²) in [6.07, 6.45) is -0.272. The molecule has 4 heterocycles. The smallest absolute Gasteiger partial charge is 0.414 e. The van der Waals surface area contributed by atoms with Crippen LogP contribution >= 0.6 is 0 Å². The Morgan fingerprint density at radius 2 is 1.78 bits per heavy atom. The first kappa shape index (κ1) is 26.1. The van der Waals surface area contributed by atoms with Crippen LogP contribution in [0.1, 0.15) is 48.0 Å². The fourth-order valence-corrected chi connectivity index (χ4v) is 4.20. The molecule has 2 amide bonds. The number of ether oxygens (including phenoxy) is 4. The van der Waals surface area contributed by atoms with Crippen molar-refractivity contribution in [1.82, 2.24) is 14.9 Å². The van der Waals surface area contributed by atoms with Gasteiger partial charge in [-0.1, -0.05) is 0 Å². The average molecular weight is 507 g/mol. The van der Waals surface area contributed by atoms with Gasteiger partial charge in [-0.2, -0.15) is 9.97 Å². The van der Waals surface area contributed by atoms with Crippen LogP contribution in [-0.4, -0.2) is 90.3 Å². The van der Waals surface area contributed by atoms with E-state index in [1.807, 2.05) is 25.7 Å². The Kier molecular flexibility index (Phi) is 7.09. The van der Waals surface area contributed by atoms with Crippen LogP contribution in [0.4, 0.5) is 27.2 Å². The molecule has 12 nitrogen and oxygen atoms in total. The van der Waals surface area contributed by atoms with Crippen molar-refractivity contribution < 1.29 is 28.5 Å². The van der Waals surface area contributed by atoms with Crippen molar-refractivity contribution in [3.05, 3.63) is 0 Å². The standard InChI is InChI=1S/C24H38N6O6/c1-23(2,3)35-21(31)28-20-26-18-17(34-13-16(25-18)14-11-33-12-14)19(27-20)30-9-8-15(10-30)29(7)22(32)36-24(4,5)6/h14-16H,8-13H2,1-7H3,(H2,25,26,27,28,31)/t15-,16?/m1/s1. The molecule has 0 radical (unpaired) electrons. The highest BCUT2D eigenvalue weighted by molar-refractivity contribution is 5.84. The number of nitrogens with zero attached hydrogens (tertiary/aromatic N) is 4. The van der Waals surface area contributed by atoms with Gasteiger partial charge in [0.15, 0.2) is 11.6 Å². The van der Waals surface area contributed by atoms with Gasteiger partial charge in [0.25, 0.3) is 0 Å². The van der Waals surface area contributed by atoms with Gasteiger partial charge in [0.05, 0.1) is 25.3 Å². The van der Waals surface area contributed by atoms with Crippen LogP contribution in [0.2, 0.25) is 0 Å². The summed E-state index contributed by atoms with van der Waals surface area (Å²) in [7, 11) is 1.75. The van der Waals surface area contributed by atoms with Gasteiger partial charge in [0.1, 0.15) is 17.8 Å². The maximum atomic E-state index is 12.6. The van der Waals surface area contributed by atoms with Crippen molar-refractivity contribution in [3.8, 4) is 5.75 Å². The summed E-state index contributed by atoms with van der Waals surface area (Å²) in [5, 5.41) is 6.09. The third-order valence-electron chi connectivity index (χ3n) is 6.11. The maximum Gasteiger partial charge on any atom is 0.414 e. The molecule has 2 saturated heterocycles. The summed E-state index contributed by atoms with van der Waals surface area (Å²) >= 11 is 0. The summed E-state index contributed by atoms with van der Waals surface area (Å²) in [6.45, 7) is 13.9. The predicted octanol–water partition coefficient (Wildman–Crippen LogP) is 3.09. The molecule has 0 bridgehead atoms. The summed E-state index contributed by atoms with van der Waals surface area (Å²) < 4.78 is 22.4. The summed E-state index contributed by atoms with van der Waals surface area (Å²) in [5.74, 6) is 2.04. The van der Waals surface area contributed by atoms with Crippen molar-refractivity contribution in [1.29, 1.82) is 0 Å². The SMILES string of the molecule is CN(C(=O)OC(C)(C)C)[C@@H]1CCN(c2nc(NC(=O)OC(C)(C)C)nc3c2OCC(C2COC2)N3)C1. The molecule has 4 rings (SSSR count). The maximum absolute atomic E-state index is 12.6. The molecule has 0 aromatic carbocycles.